The van der Waals surface area contributed by atoms with Crippen LogP contribution < -0.4 is 5.43 Å². The Balaban J connectivity index is 1.68. The zero-order valence-electron chi connectivity index (χ0n) is 16.8. The predicted molar refractivity (Wildman–Crippen MR) is 107 cm³/mol. The SMILES string of the molecule is Cc1c(C(C)N2CCCC2)c(=O)c(O)c2n1CCN(Cc1ccc(F)cc1)C2=O. The second-order valence-electron chi connectivity index (χ2n) is 7.95. The Hall–Kier alpha value is -2.67. The minimum atomic E-state index is -0.467. The van der Waals surface area contributed by atoms with Crippen molar-refractivity contribution in [1.29, 1.82) is 0 Å². The standard InChI is InChI=1S/C22H26FN3O3/c1-14(24-9-3-4-10-24)18-15(2)26-12-11-25(13-16-5-7-17(23)8-6-16)22(29)19(26)21(28)20(18)27/h5-8,14,28H,3-4,9-13H2,1-2H3. The lowest BCUT2D eigenvalue weighted by atomic mass is 10.0. The van der Waals surface area contributed by atoms with E-state index in [1.165, 1.54) is 12.1 Å². The van der Waals surface area contributed by atoms with Crippen molar-refractivity contribution < 1.29 is 14.3 Å². The summed E-state index contributed by atoms with van der Waals surface area (Å²) < 4.78 is 14.9. The van der Waals surface area contributed by atoms with E-state index in [-0.39, 0.29) is 23.5 Å². The fourth-order valence-electron chi connectivity index (χ4n) is 4.57. The first-order chi connectivity index (χ1) is 13.9. The average molecular weight is 399 g/mol. The van der Waals surface area contributed by atoms with Gasteiger partial charge in [0.15, 0.2) is 11.4 Å². The van der Waals surface area contributed by atoms with Crippen LogP contribution in [0.1, 0.15) is 53.1 Å². The first-order valence-corrected chi connectivity index (χ1v) is 10.1. The molecule has 0 spiro atoms. The molecule has 7 heteroatoms. The van der Waals surface area contributed by atoms with Crippen LogP contribution in [0.25, 0.3) is 0 Å². The van der Waals surface area contributed by atoms with Crippen LogP contribution in [0.2, 0.25) is 0 Å². The average Bonchev–Trinajstić information content (AvgIpc) is 3.24. The van der Waals surface area contributed by atoms with Gasteiger partial charge in [-0.2, -0.15) is 0 Å². The zero-order valence-corrected chi connectivity index (χ0v) is 16.8. The molecule has 1 aromatic heterocycles. The summed E-state index contributed by atoms with van der Waals surface area (Å²) in [5.74, 6) is -1.17. The number of nitrogens with zero attached hydrogens (tertiary/aromatic N) is 3. The number of aromatic hydroxyl groups is 1. The molecule has 2 aromatic rings. The Morgan fingerprint density at radius 1 is 1.07 bits per heavy atom. The number of pyridine rings is 1. The Kier molecular flexibility index (Phi) is 5.17. The molecule has 0 saturated carbocycles. The molecule has 2 aliphatic rings. The number of carbonyl (C=O) groups is 1. The molecule has 0 radical (unpaired) electrons. The second-order valence-corrected chi connectivity index (χ2v) is 7.95. The van der Waals surface area contributed by atoms with Crippen molar-refractivity contribution >= 4 is 5.91 Å². The van der Waals surface area contributed by atoms with E-state index >= 15 is 0 Å². The first kappa shape index (κ1) is 19.6. The number of aromatic nitrogens is 1. The van der Waals surface area contributed by atoms with E-state index in [4.69, 9.17) is 0 Å². The molecule has 2 aliphatic heterocycles. The van der Waals surface area contributed by atoms with Crippen LogP contribution in [0.4, 0.5) is 4.39 Å². The molecule has 1 aromatic carbocycles. The van der Waals surface area contributed by atoms with Crippen molar-refractivity contribution in [2.45, 2.75) is 45.8 Å². The van der Waals surface area contributed by atoms with E-state index in [2.05, 4.69) is 4.90 Å². The highest BCUT2D eigenvalue weighted by Crippen LogP contribution is 2.30. The van der Waals surface area contributed by atoms with E-state index in [0.717, 1.165) is 37.2 Å². The highest BCUT2D eigenvalue weighted by Gasteiger charge is 2.33. The van der Waals surface area contributed by atoms with Crippen LogP contribution in [0.3, 0.4) is 0 Å². The van der Waals surface area contributed by atoms with Gasteiger partial charge >= 0.3 is 0 Å². The molecule has 0 aliphatic carbocycles. The maximum absolute atomic E-state index is 13.1. The summed E-state index contributed by atoms with van der Waals surface area (Å²) in [5, 5.41) is 10.7. The highest BCUT2D eigenvalue weighted by atomic mass is 19.1. The van der Waals surface area contributed by atoms with Crippen molar-refractivity contribution in [1.82, 2.24) is 14.4 Å². The van der Waals surface area contributed by atoms with Crippen LogP contribution in [-0.4, -0.2) is 45.0 Å². The van der Waals surface area contributed by atoms with Gasteiger partial charge in [-0.15, -0.1) is 0 Å². The fourth-order valence-corrected chi connectivity index (χ4v) is 4.57. The van der Waals surface area contributed by atoms with Crippen LogP contribution in [0.15, 0.2) is 29.1 Å². The third-order valence-electron chi connectivity index (χ3n) is 6.22. The molecule has 1 atom stereocenters. The van der Waals surface area contributed by atoms with Gasteiger partial charge in [-0.1, -0.05) is 12.1 Å². The minimum absolute atomic E-state index is 0.0539. The number of carbonyl (C=O) groups excluding carboxylic acids is 1. The Labute approximate surface area is 169 Å². The van der Waals surface area contributed by atoms with Crippen LogP contribution in [-0.2, 0) is 13.1 Å². The number of rotatable bonds is 4. The van der Waals surface area contributed by atoms with Crippen molar-refractivity contribution in [2.75, 3.05) is 19.6 Å². The maximum Gasteiger partial charge on any atom is 0.274 e. The lowest BCUT2D eigenvalue weighted by Gasteiger charge is -2.34. The maximum atomic E-state index is 13.1. The van der Waals surface area contributed by atoms with Gasteiger partial charge in [0.1, 0.15) is 5.82 Å². The van der Waals surface area contributed by atoms with Gasteiger partial charge in [0.25, 0.3) is 5.91 Å². The van der Waals surface area contributed by atoms with Gasteiger partial charge in [-0.3, -0.25) is 14.5 Å². The summed E-state index contributed by atoms with van der Waals surface area (Å²) in [6.45, 7) is 6.99. The first-order valence-electron chi connectivity index (χ1n) is 10.1. The van der Waals surface area contributed by atoms with Crippen LogP contribution >= 0.6 is 0 Å². The van der Waals surface area contributed by atoms with Gasteiger partial charge in [0.2, 0.25) is 5.43 Å². The molecular formula is C22H26FN3O3. The number of benzene rings is 1. The number of hydrogen-bond acceptors (Lipinski definition) is 4. The summed E-state index contributed by atoms with van der Waals surface area (Å²) in [6.07, 6.45) is 2.22. The number of fused-ring (bicyclic) bond motifs is 1. The number of hydrogen-bond donors (Lipinski definition) is 1. The minimum Gasteiger partial charge on any atom is -0.503 e. The lowest BCUT2D eigenvalue weighted by molar-refractivity contribution is 0.0681. The van der Waals surface area contributed by atoms with Gasteiger partial charge in [0.05, 0.1) is 0 Å². The summed E-state index contributed by atoms with van der Waals surface area (Å²) >= 11 is 0. The topological polar surface area (TPSA) is 65.8 Å². The number of amides is 1. The molecule has 1 fully saturated rings. The molecule has 1 amide bonds. The summed E-state index contributed by atoms with van der Waals surface area (Å²) in [7, 11) is 0. The zero-order chi connectivity index (χ0) is 20.7. The molecule has 3 heterocycles. The van der Waals surface area contributed by atoms with Gasteiger partial charge in [-0.25, -0.2) is 4.39 Å². The monoisotopic (exact) mass is 399 g/mol. The smallest absolute Gasteiger partial charge is 0.274 e. The van der Waals surface area contributed by atoms with Crippen LogP contribution in [0.5, 0.6) is 5.75 Å². The molecule has 6 nitrogen and oxygen atoms in total. The van der Waals surface area contributed by atoms with E-state index in [0.29, 0.717) is 25.2 Å². The summed E-state index contributed by atoms with van der Waals surface area (Å²) in [4.78, 5) is 29.9. The fraction of sp³-hybridized carbons (Fsp3) is 0.455. The van der Waals surface area contributed by atoms with Crippen molar-refractivity contribution in [3.8, 4) is 5.75 Å². The summed E-state index contributed by atoms with van der Waals surface area (Å²) in [6, 6.07) is 5.89. The quantitative estimate of drug-likeness (QED) is 0.859. The second kappa shape index (κ2) is 7.63. The van der Waals surface area contributed by atoms with Gasteiger partial charge < -0.3 is 14.6 Å². The molecule has 154 valence electrons. The molecule has 0 bridgehead atoms. The van der Waals surface area contributed by atoms with Crippen molar-refractivity contribution in [2.24, 2.45) is 0 Å². The molecule has 1 saturated heterocycles. The van der Waals surface area contributed by atoms with Crippen molar-refractivity contribution in [3.05, 3.63) is 62.8 Å². The third kappa shape index (κ3) is 3.44. The molecule has 4 rings (SSSR count). The highest BCUT2D eigenvalue weighted by molar-refractivity contribution is 5.96. The third-order valence-corrected chi connectivity index (χ3v) is 6.22. The Morgan fingerprint density at radius 3 is 2.38 bits per heavy atom. The Morgan fingerprint density at radius 2 is 1.72 bits per heavy atom. The molecule has 1 N–H and O–H groups in total. The van der Waals surface area contributed by atoms with E-state index < -0.39 is 11.2 Å². The molecule has 1 unspecified atom stereocenters. The Bertz CT molecular complexity index is 994. The van der Waals surface area contributed by atoms with E-state index in [1.807, 2.05) is 13.8 Å². The largest absolute Gasteiger partial charge is 0.503 e. The molecule has 29 heavy (non-hydrogen) atoms. The molecular weight excluding hydrogens is 373 g/mol. The van der Waals surface area contributed by atoms with E-state index in [1.54, 1.807) is 21.6 Å². The van der Waals surface area contributed by atoms with Crippen LogP contribution in [0, 0.1) is 12.7 Å². The predicted octanol–water partition coefficient (Wildman–Crippen LogP) is 2.81. The summed E-state index contributed by atoms with van der Waals surface area (Å²) in [5.41, 5.74) is 1.72. The lowest BCUT2D eigenvalue weighted by Crippen LogP contribution is -2.43. The van der Waals surface area contributed by atoms with E-state index in [9.17, 15) is 19.1 Å². The van der Waals surface area contributed by atoms with Gasteiger partial charge in [-0.05, 0) is 57.5 Å². The number of likely N-dealkylation sites (tertiary alicyclic amines) is 1. The van der Waals surface area contributed by atoms with Crippen molar-refractivity contribution in [3.63, 3.8) is 0 Å². The normalized spacial score (nSPS) is 18.2. The van der Waals surface area contributed by atoms with Gasteiger partial charge in [0, 0.05) is 36.9 Å². The number of halogens is 1.